The number of nitrogens with one attached hydrogen (secondary N) is 2. The Hall–Kier alpha value is -3.22. The van der Waals surface area contributed by atoms with Gasteiger partial charge in [-0.2, -0.15) is 0 Å². The highest BCUT2D eigenvalue weighted by atomic mass is 16.1. The molecule has 1 saturated carbocycles. The first kappa shape index (κ1) is 17.2. The summed E-state index contributed by atoms with van der Waals surface area (Å²) in [6.45, 7) is 4.16. The Balaban J connectivity index is 1.43. The minimum absolute atomic E-state index is 0.0828. The van der Waals surface area contributed by atoms with Crippen LogP contribution in [0, 0.1) is 13.8 Å². The van der Waals surface area contributed by atoms with Gasteiger partial charge in [0.1, 0.15) is 0 Å². The van der Waals surface area contributed by atoms with Gasteiger partial charge in [0.05, 0.1) is 12.6 Å². The van der Waals surface area contributed by atoms with E-state index in [1.54, 1.807) is 0 Å². The number of amides is 1. The van der Waals surface area contributed by atoms with Crippen LogP contribution in [0.1, 0.15) is 30.0 Å². The van der Waals surface area contributed by atoms with E-state index in [0.717, 1.165) is 46.7 Å². The first-order valence-corrected chi connectivity index (χ1v) is 9.10. The van der Waals surface area contributed by atoms with Crippen molar-refractivity contribution in [3.05, 3.63) is 53.6 Å². The summed E-state index contributed by atoms with van der Waals surface area (Å²) in [5.41, 5.74) is 4.78. The molecule has 1 aliphatic rings. The van der Waals surface area contributed by atoms with E-state index in [-0.39, 0.29) is 12.5 Å². The van der Waals surface area contributed by atoms with Crippen LogP contribution in [0.5, 0.6) is 0 Å². The fraction of sp³-hybridized carbons (Fsp3) is 0.300. The van der Waals surface area contributed by atoms with Gasteiger partial charge in [0, 0.05) is 16.9 Å². The monoisotopic (exact) mass is 362 g/mol. The molecule has 1 aromatic heterocycles. The number of aryl methyl sites for hydroxylation is 2. The number of benzene rings is 2. The summed E-state index contributed by atoms with van der Waals surface area (Å²) >= 11 is 0. The molecule has 0 radical (unpaired) electrons. The van der Waals surface area contributed by atoms with Gasteiger partial charge in [0.25, 0.3) is 0 Å². The molecule has 27 heavy (non-hydrogen) atoms. The maximum Gasteiger partial charge on any atom is 0.243 e. The van der Waals surface area contributed by atoms with E-state index in [1.165, 1.54) is 0 Å². The zero-order chi connectivity index (χ0) is 18.8. The molecule has 2 aromatic carbocycles. The normalized spacial score (nSPS) is 13.4. The van der Waals surface area contributed by atoms with E-state index < -0.39 is 0 Å². The maximum atomic E-state index is 12.3. The second-order valence-electron chi connectivity index (χ2n) is 6.93. The number of carbonyl (C=O) groups is 1. The number of rotatable bonds is 6. The lowest BCUT2D eigenvalue weighted by atomic mass is 10.1. The zero-order valence-corrected chi connectivity index (χ0v) is 15.4. The molecule has 3 aromatic rings. The van der Waals surface area contributed by atoms with Crippen molar-refractivity contribution in [1.82, 2.24) is 20.2 Å². The highest BCUT2D eigenvalue weighted by Crippen LogP contribution is 2.36. The van der Waals surface area contributed by atoms with E-state index in [2.05, 4.69) is 26.2 Å². The standard InChI is InChI=1S/C20H22N6O/c1-13-5-3-6-14(2)19(13)22-18(27)12-21-16-8-4-7-15(11-16)20-23-24-25-26(20)17-9-10-17/h3-8,11,17,21H,9-10,12H2,1-2H3,(H,22,27). The van der Waals surface area contributed by atoms with Crippen molar-refractivity contribution >= 4 is 17.3 Å². The first-order valence-electron chi connectivity index (χ1n) is 9.10. The van der Waals surface area contributed by atoms with E-state index >= 15 is 0 Å². The quantitative estimate of drug-likeness (QED) is 0.702. The summed E-state index contributed by atoms with van der Waals surface area (Å²) in [6.07, 6.45) is 2.24. The van der Waals surface area contributed by atoms with Crippen LogP contribution >= 0.6 is 0 Å². The van der Waals surface area contributed by atoms with Crippen molar-refractivity contribution in [2.75, 3.05) is 17.2 Å². The fourth-order valence-corrected chi connectivity index (χ4v) is 3.09. The predicted molar refractivity (Wildman–Crippen MR) is 105 cm³/mol. The number of carbonyl (C=O) groups excluding carboxylic acids is 1. The van der Waals surface area contributed by atoms with Crippen molar-refractivity contribution in [3.63, 3.8) is 0 Å². The number of para-hydroxylation sites is 1. The number of nitrogens with zero attached hydrogens (tertiary/aromatic N) is 4. The molecule has 0 saturated heterocycles. The summed E-state index contributed by atoms with van der Waals surface area (Å²) in [6, 6.07) is 14.2. The summed E-state index contributed by atoms with van der Waals surface area (Å²) < 4.78 is 1.88. The lowest BCUT2D eigenvalue weighted by Gasteiger charge is -2.12. The molecule has 0 unspecified atom stereocenters. The first-order chi connectivity index (χ1) is 13.1. The Morgan fingerprint density at radius 1 is 1.15 bits per heavy atom. The Morgan fingerprint density at radius 3 is 2.63 bits per heavy atom. The number of hydrogen-bond donors (Lipinski definition) is 2. The van der Waals surface area contributed by atoms with Gasteiger partial charge in [-0.15, -0.1) is 5.10 Å². The van der Waals surface area contributed by atoms with Crippen LogP contribution in [-0.2, 0) is 4.79 Å². The van der Waals surface area contributed by atoms with Gasteiger partial charge >= 0.3 is 0 Å². The van der Waals surface area contributed by atoms with Crippen molar-refractivity contribution in [3.8, 4) is 11.4 Å². The highest BCUT2D eigenvalue weighted by Gasteiger charge is 2.28. The molecule has 138 valence electrons. The van der Waals surface area contributed by atoms with Gasteiger partial charge in [-0.25, -0.2) is 4.68 Å². The molecule has 4 rings (SSSR count). The van der Waals surface area contributed by atoms with Crippen LogP contribution < -0.4 is 10.6 Å². The Labute approximate surface area is 157 Å². The molecule has 0 atom stereocenters. The Kier molecular flexibility index (Phi) is 4.58. The number of aromatic nitrogens is 4. The molecular formula is C20H22N6O. The van der Waals surface area contributed by atoms with Crippen LogP contribution in [0.25, 0.3) is 11.4 Å². The minimum atomic E-state index is -0.0828. The van der Waals surface area contributed by atoms with E-state index in [9.17, 15) is 4.79 Å². The average molecular weight is 362 g/mol. The van der Waals surface area contributed by atoms with E-state index in [0.29, 0.717) is 6.04 Å². The summed E-state index contributed by atoms with van der Waals surface area (Å²) in [5.74, 6) is 0.682. The molecule has 0 aliphatic heterocycles. The third-order valence-corrected chi connectivity index (χ3v) is 4.70. The molecule has 0 spiro atoms. The lowest BCUT2D eigenvalue weighted by Crippen LogP contribution is -2.22. The van der Waals surface area contributed by atoms with Crippen LogP contribution in [0.3, 0.4) is 0 Å². The molecule has 7 nitrogen and oxygen atoms in total. The third-order valence-electron chi connectivity index (χ3n) is 4.70. The largest absolute Gasteiger partial charge is 0.376 e. The van der Waals surface area contributed by atoms with Crippen LogP contribution in [0.15, 0.2) is 42.5 Å². The molecule has 1 aliphatic carbocycles. The highest BCUT2D eigenvalue weighted by molar-refractivity contribution is 5.95. The van der Waals surface area contributed by atoms with Gasteiger partial charge in [-0.3, -0.25) is 4.79 Å². The number of tetrazole rings is 1. The Bertz CT molecular complexity index is 956. The van der Waals surface area contributed by atoms with E-state index in [4.69, 9.17) is 0 Å². The van der Waals surface area contributed by atoms with Gasteiger partial charge in [0.2, 0.25) is 5.91 Å². The van der Waals surface area contributed by atoms with Gasteiger partial charge in [-0.1, -0.05) is 30.3 Å². The number of hydrogen-bond acceptors (Lipinski definition) is 5. The second-order valence-corrected chi connectivity index (χ2v) is 6.93. The third kappa shape index (κ3) is 3.81. The van der Waals surface area contributed by atoms with Crippen molar-refractivity contribution in [1.29, 1.82) is 0 Å². The van der Waals surface area contributed by atoms with E-state index in [1.807, 2.05) is 61.0 Å². The predicted octanol–water partition coefficient (Wildman–Crippen LogP) is 3.34. The van der Waals surface area contributed by atoms with Gasteiger partial charge in [0.15, 0.2) is 5.82 Å². The SMILES string of the molecule is Cc1cccc(C)c1NC(=O)CNc1cccc(-c2nnnn2C2CC2)c1. The van der Waals surface area contributed by atoms with Crippen LogP contribution in [0.4, 0.5) is 11.4 Å². The minimum Gasteiger partial charge on any atom is -0.376 e. The van der Waals surface area contributed by atoms with Crippen molar-refractivity contribution in [2.45, 2.75) is 32.7 Å². The summed E-state index contributed by atoms with van der Waals surface area (Å²) in [7, 11) is 0. The fourth-order valence-electron chi connectivity index (χ4n) is 3.09. The Morgan fingerprint density at radius 2 is 1.89 bits per heavy atom. The zero-order valence-electron chi connectivity index (χ0n) is 15.4. The maximum absolute atomic E-state index is 12.3. The van der Waals surface area contributed by atoms with Crippen LogP contribution in [-0.4, -0.2) is 32.7 Å². The van der Waals surface area contributed by atoms with Crippen molar-refractivity contribution < 1.29 is 4.79 Å². The topological polar surface area (TPSA) is 84.7 Å². The lowest BCUT2D eigenvalue weighted by molar-refractivity contribution is -0.114. The molecule has 0 bridgehead atoms. The smallest absolute Gasteiger partial charge is 0.243 e. The molecular weight excluding hydrogens is 340 g/mol. The van der Waals surface area contributed by atoms with Crippen molar-refractivity contribution in [2.24, 2.45) is 0 Å². The second kappa shape index (κ2) is 7.19. The molecule has 1 fully saturated rings. The van der Waals surface area contributed by atoms with Crippen LogP contribution in [0.2, 0.25) is 0 Å². The van der Waals surface area contributed by atoms with Gasteiger partial charge in [-0.05, 0) is 60.4 Å². The summed E-state index contributed by atoms with van der Waals surface area (Å²) in [5, 5.41) is 18.2. The molecule has 1 heterocycles. The molecule has 7 heteroatoms. The number of anilines is 2. The molecule has 1 amide bonds. The molecule has 2 N–H and O–H groups in total. The van der Waals surface area contributed by atoms with Gasteiger partial charge < -0.3 is 10.6 Å². The summed E-state index contributed by atoms with van der Waals surface area (Å²) in [4.78, 5) is 12.3. The average Bonchev–Trinajstić information content (AvgIpc) is 3.40.